The molecule has 0 amide bonds. The molecule has 136 valence electrons. The van der Waals surface area contributed by atoms with Gasteiger partial charge in [-0.1, -0.05) is 18.2 Å². The molecule has 0 saturated heterocycles. The highest BCUT2D eigenvalue weighted by Crippen LogP contribution is 2.38. The van der Waals surface area contributed by atoms with Crippen LogP contribution in [-0.4, -0.2) is 9.55 Å². The standard InChI is InChI=1S/C22H19FN2O2/c1-13-10-15(23)11-14(2)21(13)27-19-7-5-4-6-16(19)18-12-25(3)22(26)20-17(18)8-9-24-20/h4-12,24H,1-3H3. The summed E-state index contributed by atoms with van der Waals surface area (Å²) in [4.78, 5) is 15.4. The van der Waals surface area contributed by atoms with Crippen molar-refractivity contribution in [2.75, 3.05) is 0 Å². The number of hydrogen-bond acceptors (Lipinski definition) is 2. The van der Waals surface area contributed by atoms with Crippen molar-refractivity contribution in [3.63, 3.8) is 0 Å². The molecule has 0 atom stereocenters. The molecule has 0 fully saturated rings. The molecule has 0 saturated carbocycles. The van der Waals surface area contributed by atoms with E-state index in [0.29, 0.717) is 17.0 Å². The first-order valence-electron chi connectivity index (χ1n) is 8.66. The Morgan fingerprint density at radius 1 is 1.04 bits per heavy atom. The van der Waals surface area contributed by atoms with Gasteiger partial charge in [0.2, 0.25) is 0 Å². The number of halogens is 1. The molecule has 1 N–H and O–H groups in total. The number of aryl methyl sites for hydroxylation is 3. The minimum atomic E-state index is -0.280. The Balaban J connectivity index is 1.90. The Labute approximate surface area is 155 Å². The Morgan fingerprint density at radius 3 is 2.48 bits per heavy atom. The SMILES string of the molecule is Cc1cc(F)cc(C)c1Oc1ccccc1-c1cn(C)c(=O)c2[nH]ccc12. The summed E-state index contributed by atoms with van der Waals surface area (Å²) in [6.45, 7) is 3.65. The van der Waals surface area contributed by atoms with E-state index in [0.717, 1.165) is 27.6 Å². The zero-order valence-corrected chi connectivity index (χ0v) is 15.3. The molecule has 0 aliphatic rings. The number of nitrogens with one attached hydrogen (secondary N) is 1. The van der Waals surface area contributed by atoms with Crippen molar-refractivity contribution in [1.82, 2.24) is 9.55 Å². The molecule has 0 bridgehead atoms. The fourth-order valence-corrected chi connectivity index (χ4v) is 3.43. The van der Waals surface area contributed by atoms with Crippen molar-refractivity contribution in [2.24, 2.45) is 7.05 Å². The summed E-state index contributed by atoms with van der Waals surface area (Å²) in [5, 5.41) is 0.835. The summed E-state index contributed by atoms with van der Waals surface area (Å²) in [7, 11) is 1.73. The third kappa shape index (κ3) is 2.91. The van der Waals surface area contributed by atoms with Gasteiger partial charge >= 0.3 is 0 Å². The number of benzene rings is 2. The first kappa shape index (κ1) is 17.1. The molecule has 5 heteroatoms. The van der Waals surface area contributed by atoms with Crippen molar-refractivity contribution in [3.05, 3.63) is 82.2 Å². The summed E-state index contributed by atoms with van der Waals surface area (Å²) in [5.74, 6) is 1.01. The number of nitrogens with zero attached hydrogens (tertiary/aromatic N) is 1. The Bertz CT molecular complexity index is 1200. The van der Waals surface area contributed by atoms with Crippen LogP contribution >= 0.6 is 0 Å². The maximum Gasteiger partial charge on any atom is 0.274 e. The van der Waals surface area contributed by atoms with Gasteiger partial charge in [0.05, 0.1) is 0 Å². The molecule has 0 radical (unpaired) electrons. The molecule has 4 rings (SSSR count). The number of aromatic nitrogens is 2. The maximum atomic E-state index is 13.6. The molecule has 4 nitrogen and oxygen atoms in total. The lowest BCUT2D eigenvalue weighted by atomic mass is 10.0. The number of para-hydroxylation sites is 1. The number of hydrogen-bond donors (Lipinski definition) is 1. The van der Waals surface area contributed by atoms with Crippen LogP contribution in [0.25, 0.3) is 22.0 Å². The average Bonchev–Trinajstić information content (AvgIpc) is 3.12. The van der Waals surface area contributed by atoms with Gasteiger partial charge in [0.25, 0.3) is 5.56 Å². The highest BCUT2D eigenvalue weighted by atomic mass is 19.1. The third-order valence-electron chi connectivity index (χ3n) is 4.71. The van der Waals surface area contributed by atoms with Crippen molar-refractivity contribution in [1.29, 1.82) is 0 Å². The molecule has 2 aromatic heterocycles. The molecule has 0 unspecified atom stereocenters. The second kappa shape index (κ2) is 6.43. The lowest BCUT2D eigenvalue weighted by Crippen LogP contribution is -2.16. The van der Waals surface area contributed by atoms with E-state index in [9.17, 15) is 9.18 Å². The van der Waals surface area contributed by atoms with Crippen LogP contribution in [0.3, 0.4) is 0 Å². The molecule has 0 aliphatic carbocycles. The minimum Gasteiger partial charge on any atom is -0.456 e. The average molecular weight is 362 g/mol. The van der Waals surface area contributed by atoms with Gasteiger partial charge in [0.1, 0.15) is 22.8 Å². The van der Waals surface area contributed by atoms with Gasteiger partial charge in [-0.25, -0.2) is 4.39 Å². The van der Waals surface area contributed by atoms with Gasteiger partial charge in [-0.2, -0.15) is 0 Å². The van der Waals surface area contributed by atoms with Crippen LogP contribution in [-0.2, 0) is 7.05 Å². The molecule has 27 heavy (non-hydrogen) atoms. The molecule has 2 aromatic carbocycles. The molecule has 4 aromatic rings. The second-order valence-electron chi connectivity index (χ2n) is 6.69. The summed E-state index contributed by atoms with van der Waals surface area (Å²) in [6.07, 6.45) is 3.57. The quantitative estimate of drug-likeness (QED) is 0.552. The predicted octanol–water partition coefficient (Wildman–Crippen LogP) is 5.08. The van der Waals surface area contributed by atoms with Gasteiger partial charge < -0.3 is 14.3 Å². The fourth-order valence-electron chi connectivity index (χ4n) is 3.43. The third-order valence-corrected chi connectivity index (χ3v) is 4.71. The number of fused-ring (bicyclic) bond motifs is 1. The Hall–Kier alpha value is -3.34. The highest BCUT2D eigenvalue weighted by Gasteiger charge is 2.15. The molecular formula is C22H19FN2O2. The van der Waals surface area contributed by atoms with E-state index in [4.69, 9.17) is 4.74 Å². The molecular weight excluding hydrogens is 343 g/mol. The summed E-state index contributed by atoms with van der Waals surface area (Å²) < 4.78 is 21.4. The van der Waals surface area contributed by atoms with Crippen LogP contribution in [0.5, 0.6) is 11.5 Å². The van der Waals surface area contributed by atoms with Gasteiger partial charge in [0, 0.05) is 36.0 Å². The number of aromatic amines is 1. The van der Waals surface area contributed by atoms with Gasteiger partial charge in [-0.15, -0.1) is 0 Å². The van der Waals surface area contributed by atoms with Crippen molar-refractivity contribution in [3.8, 4) is 22.6 Å². The van der Waals surface area contributed by atoms with Gasteiger partial charge in [-0.3, -0.25) is 4.79 Å². The normalized spacial score (nSPS) is 11.1. The second-order valence-corrected chi connectivity index (χ2v) is 6.69. The number of ether oxygens (including phenoxy) is 1. The van der Waals surface area contributed by atoms with Crippen LogP contribution < -0.4 is 10.3 Å². The van der Waals surface area contributed by atoms with E-state index in [2.05, 4.69) is 4.98 Å². The van der Waals surface area contributed by atoms with Crippen molar-refractivity contribution in [2.45, 2.75) is 13.8 Å². The lowest BCUT2D eigenvalue weighted by Gasteiger charge is -2.16. The first-order valence-corrected chi connectivity index (χ1v) is 8.66. The zero-order valence-electron chi connectivity index (χ0n) is 15.3. The van der Waals surface area contributed by atoms with E-state index in [-0.39, 0.29) is 11.4 Å². The van der Waals surface area contributed by atoms with Crippen LogP contribution in [0.15, 0.2) is 59.7 Å². The van der Waals surface area contributed by atoms with E-state index in [1.165, 1.54) is 12.1 Å². The van der Waals surface area contributed by atoms with E-state index in [1.807, 2.05) is 50.4 Å². The minimum absolute atomic E-state index is 0.0811. The van der Waals surface area contributed by atoms with E-state index < -0.39 is 0 Å². The monoisotopic (exact) mass is 362 g/mol. The zero-order chi connectivity index (χ0) is 19.1. The molecule has 0 spiro atoms. The van der Waals surface area contributed by atoms with Crippen LogP contribution in [0, 0.1) is 19.7 Å². The van der Waals surface area contributed by atoms with Crippen LogP contribution in [0.4, 0.5) is 4.39 Å². The number of pyridine rings is 1. The largest absolute Gasteiger partial charge is 0.456 e. The number of rotatable bonds is 3. The van der Waals surface area contributed by atoms with Gasteiger partial charge in [-0.05, 0) is 49.2 Å². The van der Waals surface area contributed by atoms with Crippen LogP contribution in [0.1, 0.15) is 11.1 Å². The summed E-state index contributed by atoms with van der Waals surface area (Å²) >= 11 is 0. The predicted molar refractivity (Wildman–Crippen MR) is 105 cm³/mol. The Kier molecular flexibility index (Phi) is 4.07. The van der Waals surface area contributed by atoms with Crippen molar-refractivity contribution >= 4 is 10.9 Å². The van der Waals surface area contributed by atoms with E-state index >= 15 is 0 Å². The smallest absolute Gasteiger partial charge is 0.274 e. The Morgan fingerprint density at radius 2 is 1.74 bits per heavy atom. The van der Waals surface area contributed by atoms with Gasteiger partial charge in [0.15, 0.2) is 0 Å². The summed E-state index contributed by atoms with van der Waals surface area (Å²) in [6, 6.07) is 12.5. The molecule has 0 aliphatic heterocycles. The maximum absolute atomic E-state index is 13.6. The highest BCUT2D eigenvalue weighted by molar-refractivity contribution is 5.95. The molecule has 2 heterocycles. The number of H-pyrrole nitrogens is 1. The van der Waals surface area contributed by atoms with E-state index in [1.54, 1.807) is 17.8 Å². The van der Waals surface area contributed by atoms with Crippen LogP contribution in [0.2, 0.25) is 0 Å². The summed E-state index contributed by atoms with van der Waals surface area (Å²) in [5.41, 5.74) is 3.69. The first-order chi connectivity index (χ1) is 13.0. The topological polar surface area (TPSA) is 47.0 Å². The van der Waals surface area contributed by atoms with Crippen molar-refractivity contribution < 1.29 is 9.13 Å². The lowest BCUT2D eigenvalue weighted by molar-refractivity contribution is 0.474. The fraction of sp³-hybridized carbons (Fsp3) is 0.136.